The molecule has 0 radical (unpaired) electrons. The van der Waals surface area contributed by atoms with Gasteiger partial charge in [-0.15, -0.1) is 0 Å². The molecule has 0 aromatic heterocycles. The molecule has 0 aromatic carbocycles. The number of rotatable bonds is 10. The van der Waals surface area contributed by atoms with Crippen LogP contribution in [0.2, 0.25) is 0 Å². The highest BCUT2D eigenvalue weighted by Crippen LogP contribution is 2.21. The zero-order chi connectivity index (χ0) is 12.4. The quantitative estimate of drug-likeness (QED) is 0.618. The van der Waals surface area contributed by atoms with E-state index in [4.69, 9.17) is 0 Å². The number of hydrogen-bond donors (Lipinski definition) is 1. The van der Waals surface area contributed by atoms with Crippen LogP contribution in [0.4, 0.5) is 0 Å². The summed E-state index contributed by atoms with van der Waals surface area (Å²) in [5.41, 5.74) is 0.431. The van der Waals surface area contributed by atoms with Crippen molar-refractivity contribution in [2.45, 2.75) is 53.9 Å². The summed E-state index contributed by atoms with van der Waals surface area (Å²) in [6, 6.07) is 0. The first kappa shape index (κ1) is 15.9. The van der Waals surface area contributed by atoms with Crippen LogP contribution in [0.1, 0.15) is 53.9 Å². The Bertz CT molecular complexity index is 153. The molecule has 0 fully saturated rings. The van der Waals surface area contributed by atoms with Gasteiger partial charge < -0.3 is 10.2 Å². The van der Waals surface area contributed by atoms with Crippen molar-refractivity contribution in [3.8, 4) is 0 Å². The van der Waals surface area contributed by atoms with Crippen LogP contribution in [0.5, 0.6) is 0 Å². The molecule has 2 nitrogen and oxygen atoms in total. The van der Waals surface area contributed by atoms with Crippen LogP contribution < -0.4 is 5.32 Å². The van der Waals surface area contributed by atoms with E-state index in [2.05, 4.69) is 44.8 Å². The lowest BCUT2D eigenvalue weighted by atomic mass is 9.86. The minimum atomic E-state index is 0.431. The first-order valence-electron chi connectivity index (χ1n) is 7.04. The van der Waals surface area contributed by atoms with E-state index in [0.29, 0.717) is 5.41 Å². The van der Waals surface area contributed by atoms with Crippen molar-refractivity contribution in [2.24, 2.45) is 5.41 Å². The first-order chi connectivity index (χ1) is 7.61. The average molecular weight is 228 g/mol. The molecule has 0 aliphatic heterocycles. The Balaban J connectivity index is 4.21. The standard InChI is InChI=1S/C14H32N2/c1-6-10-16(11-7-2)13-14(5,8-3)12-15-9-4/h15H,6-13H2,1-5H3. The lowest BCUT2D eigenvalue weighted by Gasteiger charge is -2.35. The molecule has 98 valence electrons. The molecule has 0 aliphatic carbocycles. The monoisotopic (exact) mass is 228 g/mol. The van der Waals surface area contributed by atoms with Gasteiger partial charge in [0.25, 0.3) is 0 Å². The Kier molecular flexibility index (Phi) is 8.96. The Labute approximate surface area is 103 Å². The second-order valence-corrected chi connectivity index (χ2v) is 5.22. The molecule has 0 saturated carbocycles. The molecule has 1 atom stereocenters. The van der Waals surface area contributed by atoms with Crippen molar-refractivity contribution < 1.29 is 0 Å². The van der Waals surface area contributed by atoms with Crippen LogP contribution >= 0.6 is 0 Å². The maximum Gasteiger partial charge on any atom is 0.00474 e. The van der Waals surface area contributed by atoms with Crippen LogP contribution in [-0.2, 0) is 0 Å². The van der Waals surface area contributed by atoms with Gasteiger partial charge in [-0.25, -0.2) is 0 Å². The van der Waals surface area contributed by atoms with E-state index in [-0.39, 0.29) is 0 Å². The van der Waals surface area contributed by atoms with Crippen molar-refractivity contribution in [3.63, 3.8) is 0 Å². The van der Waals surface area contributed by atoms with Crippen LogP contribution in [0.3, 0.4) is 0 Å². The predicted molar refractivity (Wildman–Crippen MR) is 74.0 cm³/mol. The molecule has 0 saturated heterocycles. The van der Waals surface area contributed by atoms with E-state index in [1.165, 1.54) is 38.9 Å². The minimum absolute atomic E-state index is 0.431. The number of nitrogens with zero attached hydrogens (tertiary/aromatic N) is 1. The number of hydrogen-bond acceptors (Lipinski definition) is 2. The molecular formula is C14H32N2. The van der Waals surface area contributed by atoms with Crippen molar-refractivity contribution in [2.75, 3.05) is 32.7 Å². The third-order valence-electron chi connectivity index (χ3n) is 3.34. The average Bonchev–Trinajstić information content (AvgIpc) is 2.27. The van der Waals surface area contributed by atoms with Gasteiger partial charge in [0.15, 0.2) is 0 Å². The molecule has 1 N–H and O–H groups in total. The van der Waals surface area contributed by atoms with Crippen LogP contribution in [0.15, 0.2) is 0 Å². The zero-order valence-corrected chi connectivity index (χ0v) is 12.1. The molecule has 0 bridgehead atoms. The van der Waals surface area contributed by atoms with Gasteiger partial charge in [0.05, 0.1) is 0 Å². The topological polar surface area (TPSA) is 15.3 Å². The van der Waals surface area contributed by atoms with E-state index in [0.717, 1.165) is 13.1 Å². The molecule has 0 rings (SSSR count). The molecule has 0 aliphatic rings. The summed E-state index contributed by atoms with van der Waals surface area (Å²) in [4.78, 5) is 2.63. The molecular weight excluding hydrogens is 196 g/mol. The summed E-state index contributed by atoms with van der Waals surface area (Å²) >= 11 is 0. The summed E-state index contributed by atoms with van der Waals surface area (Å²) in [7, 11) is 0. The Hall–Kier alpha value is -0.0800. The summed E-state index contributed by atoms with van der Waals surface area (Å²) in [6.07, 6.45) is 3.78. The molecule has 0 amide bonds. The first-order valence-corrected chi connectivity index (χ1v) is 7.04. The fourth-order valence-corrected chi connectivity index (χ4v) is 2.16. The third-order valence-corrected chi connectivity index (χ3v) is 3.34. The van der Waals surface area contributed by atoms with Gasteiger partial charge in [0.1, 0.15) is 0 Å². The lowest BCUT2D eigenvalue weighted by molar-refractivity contribution is 0.155. The molecule has 0 spiro atoms. The highest BCUT2D eigenvalue weighted by Gasteiger charge is 2.24. The maximum absolute atomic E-state index is 3.50. The normalized spacial score (nSPS) is 15.4. The van der Waals surface area contributed by atoms with Gasteiger partial charge in [0.2, 0.25) is 0 Å². The predicted octanol–water partition coefficient (Wildman–Crippen LogP) is 3.13. The Morgan fingerprint density at radius 2 is 1.56 bits per heavy atom. The molecule has 16 heavy (non-hydrogen) atoms. The van der Waals surface area contributed by atoms with E-state index < -0.39 is 0 Å². The van der Waals surface area contributed by atoms with Crippen molar-refractivity contribution in [1.82, 2.24) is 10.2 Å². The summed E-state index contributed by atoms with van der Waals surface area (Å²) in [5.74, 6) is 0. The molecule has 1 unspecified atom stereocenters. The summed E-state index contributed by atoms with van der Waals surface area (Å²) in [6.45, 7) is 17.4. The highest BCUT2D eigenvalue weighted by atomic mass is 15.1. The molecule has 0 aromatic rings. The van der Waals surface area contributed by atoms with Gasteiger partial charge in [0, 0.05) is 13.1 Å². The van der Waals surface area contributed by atoms with E-state index in [1.807, 2.05) is 0 Å². The van der Waals surface area contributed by atoms with Crippen molar-refractivity contribution in [3.05, 3.63) is 0 Å². The molecule has 2 heteroatoms. The lowest BCUT2D eigenvalue weighted by Crippen LogP contribution is -2.42. The highest BCUT2D eigenvalue weighted by molar-refractivity contribution is 4.79. The fourth-order valence-electron chi connectivity index (χ4n) is 2.16. The van der Waals surface area contributed by atoms with E-state index >= 15 is 0 Å². The van der Waals surface area contributed by atoms with Crippen LogP contribution in [0.25, 0.3) is 0 Å². The fraction of sp³-hybridized carbons (Fsp3) is 1.00. The van der Waals surface area contributed by atoms with Crippen LogP contribution in [-0.4, -0.2) is 37.6 Å². The zero-order valence-electron chi connectivity index (χ0n) is 12.1. The van der Waals surface area contributed by atoms with E-state index in [9.17, 15) is 0 Å². The summed E-state index contributed by atoms with van der Waals surface area (Å²) < 4.78 is 0. The summed E-state index contributed by atoms with van der Waals surface area (Å²) in [5, 5.41) is 3.50. The van der Waals surface area contributed by atoms with Gasteiger partial charge in [-0.3, -0.25) is 0 Å². The Morgan fingerprint density at radius 1 is 1.00 bits per heavy atom. The largest absolute Gasteiger partial charge is 0.316 e. The Morgan fingerprint density at radius 3 is 1.94 bits per heavy atom. The second kappa shape index (κ2) is 9.00. The second-order valence-electron chi connectivity index (χ2n) is 5.22. The van der Waals surface area contributed by atoms with Crippen LogP contribution in [0, 0.1) is 5.41 Å². The minimum Gasteiger partial charge on any atom is -0.316 e. The van der Waals surface area contributed by atoms with Gasteiger partial charge in [-0.2, -0.15) is 0 Å². The molecule has 0 heterocycles. The van der Waals surface area contributed by atoms with E-state index in [1.54, 1.807) is 0 Å². The van der Waals surface area contributed by atoms with Gasteiger partial charge in [-0.1, -0.05) is 34.6 Å². The third kappa shape index (κ3) is 6.49. The maximum atomic E-state index is 3.50. The van der Waals surface area contributed by atoms with Crippen molar-refractivity contribution in [1.29, 1.82) is 0 Å². The number of nitrogens with one attached hydrogen (secondary N) is 1. The SMILES string of the molecule is CCCN(CCC)CC(C)(CC)CNCC. The van der Waals surface area contributed by atoms with Crippen molar-refractivity contribution >= 4 is 0 Å². The van der Waals surface area contributed by atoms with Gasteiger partial charge >= 0.3 is 0 Å². The van der Waals surface area contributed by atoms with Gasteiger partial charge in [-0.05, 0) is 44.3 Å². The smallest absolute Gasteiger partial charge is 0.00474 e.